The number of nitrogens with two attached hydrogens (primary N) is 1. The Balaban J connectivity index is 2.11. The lowest BCUT2D eigenvalue weighted by molar-refractivity contribution is 0.0708. The smallest absolute Gasteiger partial charge is 0.254 e. The zero-order valence-electron chi connectivity index (χ0n) is 15.6. The van der Waals surface area contributed by atoms with Crippen molar-refractivity contribution in [2.75, 3.05) is 19.7 Å². The van der Waals surface area contributed by atoms with Gasteiger partial charge in [-0.3, -0.25) is 4.79 Å². The highest BCUT2D eigenvalue weighted by Gasteiger charge is 2.23. The minimum atomic E-state index is 0.0695. The van der Waals surface area contributed by atoms with Gasteiger partial charge in [0.15, 0.2) is 0 Å². The fraction of sp³-hybridized carbons (Fsp3) is 0.650. The SMILES string of the molecule is CCC(C)CCOc1cc(C(=O)N2CCCC(N)C2)cc(C)c1C. The van der Waals surface area contributed by atoms with Crippen molar-refractivity contribution >= 4 is 5.91 Å². The second kappa shape index (κ2) is 8.52. The average molecular weight is 332 g/mol. The lowest BCUT2D eigenvalue weighted by Gasteiger charge is -2.31. The van der Waals surface area contributed by atoms with Crippen LogP contribution in [0.5, 0.6) is 5.75 Å². The maximum Gasteiger partial charge on any atom is 0.254 e. The molecule has 1 fully saturated rings. The first-order chi connectivity index (χ1) is 11.4. The Labute approximate surface area is 146 Å². The Bertz CT molecular complexity index is 571. The first-order valence-corrected chi connectivity index (χ1v) is 9.21. The molecule has 1 amide bonds. The highest BCUT2D eigenvalue weighted by Crippen LogP contribution is 2.26. The molecule has 4 nitrogen and oxygen atoms in total. The number of piperidine rings is 1. The summed E-state index contributed by atoms with van der Waals surface area (Å²) in [7, 11) is 0. The zero-order chi connectivity index (χ0) is 17.7. The number of likely N-dealkylation sites (tertiary alicyclic amines) is 1. The van der Waals surface area contributed by atoms with Crippen LogP contribution in [0, 0.1) is 19.8 Å². The number of carbonyl (C=O) groups is 1. The summed E-state index contributed by atoms with van der Waals surface area (Å²) >= 11 is 0. The summed E-state index contributed by atoms with van der Waals surface area (Å²) in [6.07, 6.45) is 4.18. The summed E-state index contributed by atoms with van der Waals surface area (Å²) in [6.45, 7) is 10.7. The predicted octanol–water partition coefficient (Wildman–Crippen LogP) is 3.68. The van der Waals surface area contributed by atoms with E-state index in [9.17, 15) is 4.79 Å². The third-order valence-corrected chi connectivity index (χ3v) is 5.18. The van der Waals surface area contributed by atoms with Gasteiger partial charge < -0.3 is 15.4 Å². The van der Waals surface area contributed by atoms with Gasteiger partial charge in [-0.05, 0) is 62.3 Å². The molecule has 0 spiro atoms. The molecule has 24 heavy (non-hydrogen) atoms. The van der Waals surface area contributed by atoms with E-state index in [2.05, 4.69) is 20.8 Å². The molecule has 2 rings (SSSR count). The van der Waals surface area contributed by atoms with Crippen molar-refractivity contribution in [3.8, 4) is 5.75 Å². The van der Waals surface area contributed by atoms with Crippen LogP contribution in [0.4, 0.5) is 0 Å². The van der Waals surface area contributed by atoms with Gasteiger partial charge in [0.1, 0.15) is 5.75 Å². The normalized spacial score (nSPS) is 19.2. The topological polar surface area (TPSA) is 55.6 Å². The number of nitrogens with zero attached hydrogens (tertiary/aromatic N) is 1. The number of amides is 1. The van der Waals surface area contributed by atoms with Gasteiger partial charge >= 0.3 is 0 Å². The van der Waals surface area contributed by atoms with Crippen LogP contribution >= 0.6 is 0 Å². The molecule has 1 aromatic rings. The summed E-state index contributed by atoms with van der Waals surface area (Å²) in [5, 5.41) is 0. The van der Waals surface area contributed by atoms with Gasteiger partial charge in [0, 0.05) is 24.7 Å². The zero-order valence-corrected chi connectivity index (χ0v) is 15.6. The molecule has 0 saturated carbocycles. The number of benzene rings is 1. The van der Waals surface area contributed by atoms with E-state index in [-0.39, 0.29) is 11.9 Å². The quantitative estimate of drug-likeness (QED) is 0.864. The molecule has 2 N–H and O–H groups in total. The average Bonchev–Trinajstić information content (AvgIpc) is 2.57. The Morgan fingerprint density at radius 1 is 1.42 bits per heavy atom. The second-order valence-corrected chi connectivity index (χ2v) is 7.22. The Hall–Kier alpha value is -1.55. The van der Waals surface area contributed by atoms with Crippen molar-refractivity contribution in [2.45, 2.75) is 59.4 Å². The Morgan fingerprint density at radius 2 is 2.17 bits per heavy atom. The number of aryl methyl sites for hydroxylation is 1. The number of hydrogen-bond donors (Lipinski definition) is 1. The van der Waals surface area contributed by atoms with Gasteiger partial charge in [-0.25, -0.2) is 0 Å². The molecule has 1 aliphatic heterocycles. The first kappa shape index (κ1) is 18.8. The van der Waals surface area contributed by atoms with Crippen LogP contribution in [0.1, 0.15) is 61.0 Å². The van der Waals surface area contributed by atoms with E-state index in [1.807, 2.05) is 24.0 Å². The largest absolute Gasteiger partial charge is 0.493 e. The van der Waals surface area contributed by atoms with Gasteiger partial charge in [-0.2, -0.15) is 0 Å². The van der Waals surface area contributed by atoms with Crippen LogP contribution in [-0.4, -0.2) is 36.5 Å². The minimum absolute atomic E-state index is 0.0695. The maximum absolute atomic E-state index is 12.8. The molecular weight excluding hydrogens is 300 g/mol. The van der Waals surface area contributed by atoms with Crippen molar-refractivity contribution in [3.63, 3.8) is 0 Å². The van der Waals surface area contributed by atoms with Gasteiger partial charge in [-0.1, -0.05) is 20.3 Å². The van der Waals surface area contributed by atoms with Crippen LogP contribution in [0.15, 0.2) is 12.1 Å². The van der Waals surface area contributed by atoms with Gasteiger partial charge in [0.25, 0.3) is 5.91 Å². The summed E-state index contributed by atoms with van der Waals surface area (Å²) in [4.78, 5) is 14.7. The van der Waals surface area contributed by atoms with E-state index >= 15 is 0 Å². The lowest BCUT2D eigenvalue weighted by Crippen LogP contribution is -2.45. The standard InChI is InChI=1S/C20H32N2O2/c1-5-14(2)8-10-24-19-12-17(11-15(3)16(19)4)20(23)22-9-6-7-18(21)13-22/h11-12,14,18H,5-10,13,21H2,1-4H3. The molecular formula is C20H32N2O2. The maximum atomic E-state index is 12.8. The summed E-state index contributed by atoms with van der Waals surface area (Å²) in [5.41, 5.74) is 8.94. The van der Waals surface area contributed by atoms with Crippen molar-refractivity contribution in [3.05, 3.63) is 28.8 Å². The van der Waals surface area contributed by atoms with Crippen molar-refractivity contribution < 1.29 is 9.53 Å². The predicted molar refractivity (Wildman–Crippen MR) is 98.6 cm³/mol. The molecule has 2 atom stereocenters. The molecule has 1 aliphatic rings. The van der Waals surface area contributed by atoms with Gasteiger partial charge in [-0.15, -0.1) is 0 Å². The van der Waals surface area contributed by atoms with Crippen LogP contribution in [0.2, 0.25) is 0 Å². The van der Waals surface area contributed by atoms with Crippen LogP contribution < -0.4 is 10.5 Å². The third-order valence-electron chi connectivity index (χ3n) is 5.18. The van der Waals surface area contributed by atoms with Crippen molar-refractivity contribution in [1.29, 1.82) is 0 Å². The molecule has 0 bridgehead atoms. The number of carbonyl (C=O) groups excluding carboxylic acids is 1. The van der Waals surface area contributed by atoms with E-state index in [0.29, 0.717) is 24.6 Å². The third kappa shape index (κ3) is 4.73. The molecule has 0 radical (unpaired) electrons. The Kier molecular flexibility index (Phi) is 6.67. The van der Waals surface area contributed by atoms with Gasteiger partial charge in [0.05, 0.1) is 6.61 Å². The van der Waals surface area contributed by atoms with E-state index in [1.165, 1.54) is 0 Å². The molecule has 134 valence electrons. The molecule has 1 saturated heterocycles. The van der Waals surface area contributed by atoms with Crippen LogP contribution in [0.3, 0.4) is 0 Å². The molecule has 1 heterocycles. The van der Waals surface area contributed by atoms with E-state index in [4.69, 9.17) is 10.5 Å². The van der Waals surface area contributed by atoms with Gasteiger partial charge in [0.2, 0.25) is 0 Å². The highest BCUT2D eigenvalue weighted by atomic mass is 16.5. The molecule has 4 heteroatoms. The minimum Gasteiger partial charge on any atom is -0.493 e. The van der Waals surface area contributed by atoms with Crippen LogP contribution in [-0.2, 0) is 0 Å². The van der Waals surface area contributed by atoms with Crippen LogP contribution in [0.25, 0.3) is 0 Å². The number of rotatable bonds is 6. The highest BCUT2D eigenvalue weighted by molar-refractivity contribution is 5.95. The Morgan fingerprint density at radius 3 is 2.83 bits per heavy atom. The second-order valence-electron chi connectivity index (χ2n) is 7.22. The van der Waals surface area contributed by atoms with E-state index in [0.717, 1.165) is 49.1 Å². The number of ether oxygens (including phenoxy) is 1. The lowest BCUT2D eigenvalue weighted by atomic mass is 10.0. The molecule has 2 unspecified atom stereocenters. The summed E-state index contributed by atoms with van der Waals surface area (Å²) < 4.78 is 5.99. The van der Waals surface area contributed by atoms with Crippen molar-refractivity contribution in [1.82, 2.24) is 4.90 Å². The van der Waals surface area contributed by atoms with E-state index in [1.54, 1.807) is 0 Å². The monoisotopic (exact) mass is 332 g/mol. The molecule has 0 aromatic heterocycles. The summed E-state index contributed by atoms with van der Waals surface area (Å²) in [5.74, 6) is 1.56. The van der Waals surface area contributed by atoms with Crippen molar-refractivity contribution in [2.24, 2.45) is 11.7 Å². The molecule has 1 aromatic carbocycles. The van der Waals surface area contributed by atoms with E-state index < -0.39 is 0 Å². The molecule has 0 aliphatic carbocycles. The number of hydrogen-bond acceptors (Lipinski definition) is 3. The first-order valence-electron chi connectivity index (χ1n) is 9.21. The summed E-state index contributed by atoms with van der Waals surface area (Å²) in [6, 6.07) is 3.97. The fourth-order valence-corrected chi connectivity index (χ4v) is 3.05. The fourth-order valence-electron chi connectivity index (χ4n) is 3.05.